The van der Waals surface area contributed by atoms with E-state index in [0.717, 1.165) is 25.9 Å². The van der Waals surface area contributed by atoms with Crippen molar-refractivity contribution in [3.63, 3.8) is 0 Å². The molecule has 0 aromatic heterocycles. The van der Waals surface area contributed by atoms with E-state index in [1.165, 1.54) is 6.08 Å². The van der Waals surface area contributed by atoms with E-state index in [4.69, 9.17) is 39.1 Å². The number of carbonyl (C=O) groups is 1. The van der Waals surface area contributed by atoms with Gasteiger partial charge in [-0.2, -0.15) is 0 Å². The molecule has 1 fully saturated rings. The first-order valence-corrected chi connectivity index (χ1v) is 7.03. The van der Waals surface area contributed by atoms with E-state index in [1.54, 1.807) is 6.92 Å². The van der Waals surface area contributed by atoms with Gasteiger partial charge >= 0.3 is 10.5 Å². The summed E-state index contributed by atoms with van der Waals surface area (Å²) in [6, 6.07) is 0. The predicted octanol–water partition coefficient (Wildman–Crippen LogP) is 2.97. The van der Waals surface area contributed by atoms with Gasteiger partial charge in [0.1, 0.15) is 0 Å². The highest BCUT2D eigenvalue weighted by molar-refractivity contribution is 7.63. The van der Waals surface area contributed by atoms with Crippen LogP contribution in [0.1, 0.15) is 19.8 Å². The number of hydrogen-bond donors (Lipinski definition) is 0. The molecule has 98 valence electrons. The van der Waals surface area contributed by atoms with Crippen molar-refractivity contribution in [3.05, 3.63) is 12.2 Å². The van der Waals surface area contributed by atoms with E-state index in [1.807, 2.05) is 10.9 Å². The van der Waals surface area contributed by atoms with Crippen LogP contribution in [0.4, 0.5) is 0 Å². The van der Waals surface area contributed by atoms with E-state index in [0.29, 0.717) is 12.5 Å². The van der Waals surface area contributed by atoms with Gasteiger partial charge in [-0.25, -0.2) is 4.79 Å². The molecule has 0 spiro atoms. The fraction of sp³-hybridized carbons (Fsp3) is 0.700. The van der Waals surface area contributed by atoms with Crippen molar-refractivity contribution >= 4 is 44.9 Å². The molecular formula is C10H16BCl3NO2-. The standard InChI is InChI=1S/C10H16BCl3NO2/c1-2-17-10(16)4-3-9-5-7-15(8-6-9)11(12,13)14/h3-4,9H,2,5-8H2,1H3/q-1. The van der Waals surface area contributed by atoms with Gasteiger partial charge in [0.15, 0.2) is 0 Å². The van der Waals surface area contributed by atoms with Crippen molar-refractivity contribution in [1.82, 2.24) is 4.81 Å². The number of allylic oxidation sites excluding steroid dienone is 1. The summed E-state index contributed by atoms with van der Waals surface area (Å²) in [7, 11) is 0. The molecule has 7 heteroatoms. The number of ether oxygens (including phenoxy) is 1. The van der Waals surface area contributed by atoms with E-state index in [-0.39, 0.29) is 5.97 Å². The maximum Gasteiger partial charge on any atom is 0.330 e. The molecule has 17 heavy (non-hydrogen) atoms. The Morgan fingerprint density at radius 1 is 1.41 bits per heavy atom. The minimum atomic E-state index is -1.95. The Kier molecular flexibility index (Phi) is 6.14. The molecule has 0 aromatic carbocycles. The third-order valence-electron chi connectivity index (χ3n) is 2.78. The molecule has 3 nitrogen and oxygen atoms in total. The molecule has 0 amide bonds. The number of nitrogens with zero attached hydrogens (tertiary/aromatic N) is 1. The zero-order chi connectivity index (χ0) is 12.9. The number of halogens is 3. The lowest BCUT2D eigenvalue weighted by atomic mass is 9.94. The summed E-state index contributed by atoms with van der Waals surface area (Å²) in [4.78, 5) is 13.0. The second-order valence-electron chi connectivity index (χ2n) is 4.02. The first-order chi connectivity index (χ1) is 7.93. The summed E-state index contributed by atoms with van der Waals surface area (Å²) in [5.41, 5.74) is 0. The molecule has 1 aliphatic heterocycles. The maximum atomic E-state index is 11.1. The fourth-order valence-electron chi connectivity index (χ4n) is 1.81. The minimum absolute atomic E-state index is 0.291. The van der Waals surface area contributed by atoms with Gasteiger partial charge < -0.3 is 43.9 Å². The molecule has 1 heterocycles. The topological polar surface area (TPSA) is 29.5 Å². The van der Waals surface area contributed by atoms with Crippen LogP contribution in [-0.2, 0) is 9.53 Å². The fourth-order valence-corrected chi connectivity index (χ4v) is 2.40. The van der Waals surface area contributed by atoms with Crippen molar-refractivity contribution in [3.8, 4) is 0 Å². The Morgan fingerprint density at radius 2 is 2.00 bits per heavy atom. The lowest BCUT2D eigenvalue weighted by Crippen LogP contribution is -2.45. The van der Waals surface area contributed by atoms with Gasteiger partial charge in [0.05, 0.1) is 6.61 Å². The van der Waals surface area contributed by atoms with Gasteiger partial charge in [-0.15, -0.1) is 0 Å². The van der Waals surface area contributed by atoms with Crippen LogP contribution in [0.3, 0.4) is 0 Å². The largest absolute Gasteiger partial charge is 0.463 e. The number of rotatable bonds is 4. The SMILES string of the molecule is CCOC(=O)C=CC1CCN([B-](Cl)(Cl)Cl)CC1. The van der Waals surface area contributed by atoms with Gasteiger partial charge in [-0.05, 0) is 38.8 Å². The highest BCUT2D eigenvalue weighted by atomic mass is 35.6. The van der Waals surface area contributed by atoms with Crippen molar-refractivity contribution in [2.24, 2.45) is 5.92 Å². The van der Waals surface area contributed by atoms with Crippen LogP contribution >= 0.6 is 34.4 Å². The van der Waals surface area contributed by atoms with E-state index in [2.05, 4.69) is 0 Å². The van der Waals surface area contributed by atoms with E-state index < -0.39 is 4.53 Å². The lowest BCUT2D eigenvalue weighted by Gasteiger charge is -2.42. The van der Waals surface area contributed by atoms with Crippen LogP contribution in [0.25, 0.3) is 0 Å². The summed E-state index contributed by atoms with van der Waals surface area (Å²) in [6.45, 7) is 3.67. The summed E-state index contributed by atoms with van der Waals surface area (Å²) in [6.07, 6.45) is 5.17. The number of piperidine rings is 1. The Morgan fingerprint density at radius 3 is 2.47 bits per heavy atom. The quantitative estimate of drug-likeness (QED) is 0.454. The summed E-state index contributed by atoms with van der Waals surface area (Å²) < 4.78 is 2.86. The van der Waals surface area contributed by atoms with Crippen LogP contribution in [0.15, 0.2) is 12.2 Å². The first-order valence-electron chi connectivity index (χ1n) is 5.72. The highest BCUT2D eigenvalue weighted by Gasteiger charge is 2.26. The molecule has 0 radical (unpaired) electrons. The van der Waals surface area contributed by atoms with Crippen LogP contribution in [0, 0.1) is 5.92 Å². The molecule has 0 N–H and O–H groups in total. The molecular weight excluding hydrogens is 283 g/mol. The highest BCUT2D eigenvalue weighted by Crippen LogP contribution is 2.30. The summed E-state index contributed by atoms with van der Waals surface area (Å²) in [5.74, 6) is 0.0688. The Balaban J connectivity index is 2.35. The van der Waals surface area contributed by atoms with Crippen LogP contribution in [0.2, 0.25) is 0 Å². The molecule has 1 rings (SSSR count). The zero-order valence-corrected chi connectivity index (χ0v) is 12.0. The Hall–Kier alpha value is 0.105. The molecule has 0 aliphatic carbocycles. The third-order valence-corrected chi connectivity index (χ3v) is 3.61. The summed E-state index contributed by atoms with van der Waals surface area (Å²) in [5, 5.41) is 0. The molecule has 0 bridgehead atoms. The normalized spacial score (nSPS) is 19.8. The van der Waals surface area contributed by atoms with Gasteiger partial charge in [0.25, 0.3) is 0 Å². The third kappa shape index (κ3) is 5.51. The van der Waals surface area contributed by atoms with Crippen molar-refractivity contribution in [1.29, 1.82) is 0 Å². The van der Waals surface area contributed by atoms with Gasteiger partial charge in [-0.1, -0.05) is 6.08 Å². The molecule has 0 aromatic rings. The predicted molar refractivity (Wildman–Crippen MR) is 73.4 cm³/mol. The second-order valence-corrected chi connectivity index (χ2v) is 6.59. The lowest BCUT2D eigenvalue weighted by molar-refractivity contribution is -0.137. The van der Waals surface area contributed by atoms with Crippen LogP contribution in [0.5, 0.6) is 0 Å². The summed E-state index contributed by atoms with van der Waals surface area (Å²) >= 11 is 17.6. The smallest absolute Gasteiger partial charge is 0.330 e. The Labute approximate surface area is 117 Å². The number of esters is 1. The van der Waals surface area contributed by atoms with Gasteiger partial charge in [0, 0.05) is 6.08 Å². The second kappa shape index (κ2) is 6.88. The average Bonchev–Trinajstić information content (AvgIpc) is 2.26. The van der Waals surface area contributed by atoms with Crippen LogP contribution in [-0.4, -0.2) is 35.0 Å². The molecule has 0 unspecified atom stereocenters. The van der Waals surface area contributed by atoms with Crippen molar-refractivity contribution in [2.45, 2.75) is 19.8 Å². The average molecular weight is 299 g/mol. The maximum absolute atomic E-state index is 11.1. The van der Waals surface area contributed by atoms with Crippen molar-refractivity contribution < 1.29 is 9.53 Å². The van der Waals surface area contributed by atoms with Crippen molar-refractivity contribution in [2.75, 3.05) is 19.7 Å². The zero-order valence-electron chi connectivity index (χ0n) is 9.74. The minimum Gasteiger partial charge on any atom is -0.463 e. The Bertz CT molecular complexity index is 286. The number of carbonyl (C=O) groups excluding carboxylic acids is 1. The van der Waals surface area contributed by atoms with Gasteiger partial charge in [0.2, 0.25) is 0 Å². The van der Waals surface area contributed by atoms with Crippen LogP contribution < -0.4 is 0 Å². The van der Waals surface area contributed by atoms with E-state index >= 15 is 0 Å². The van der Waals surface area contributed by atoms with Gasteiger partial charge in [-0.3, -0.25) is 0 Å². The first kappa shape index (κ1) is 15.2. The molecule has 0 saturated carbocycles. The monoisotopic (exact) mass is 298 g/mol. The number of hydrogen-bond acceptors (Lipinski definition) is 3. The molecule has 0 atom stereocenters. The van der Waals surface area contributed by atoms with E-state index in [9.17, 15) is 4.79 Å². The molecule has 1 saturated heterocycles. The molecule has 1 aliphatic rings.